The Morgan fingerprint density at radius 2 is 2.00 bits per heavy atom. The van der Waals surface area contributed by atoms with Crippen molar-refractivity contribution < 1.29 is 13.9 Å². The second-order valence-electron chi connectivity index (χ2n) is 3.29. The Morgan fingerprint density at radius 3 is 2.69 bits per heavy atom. The summed E-state index contributed by atoms with van der Waals surface area (Å²) in [5.41, 5.74) is 1.03. The van der Waals surface area contributed by atoms with E-state index in [1.54, 1.807) is 12.1 Å². The van der Waals surface area contributed by atoms with Gasteiger partial charge in [-0.15, -0.1) is 0 Å². The fourth-order valence-corrected chi connectivity index (χ4v) is 1.49. The Balaban J connectivity index is 2.58. The molecule has 16 heavy (non-hydrogen) atoms. The molecule has 0 aliphatic heterocycles. The minimum absolute atomic E-state index is 0.186. The van der Waals surface area contributed by atoms with Crippen LogP contribution in [0.4, 0.5) is 8.78 Å². The number of rotatable bonds is 2. The standard InChI is InChI=1S/C12H9F2NO/c13-9-3-4-10(11(14)6-9)12-8(7-16)2-1-5-15-12/h1-6,16H,7H2. The van der Waals surface area contributed by atoms with Crippen LogP contribution in [0.3, 0.4) is 0 Å². The van der Waals surface area contributed by atoms with Gasteiger partial charge in [-0.2, -0.15) is 0 Å². The molecule has 0 atom stereocenters. The highest BCUT2D eigenvalue weighted by molar-refractivity contribution is 5.63. The van der Waals surface area contributed by atoms with E-state index in [2.05, 4.69) is 4.98 Å². The maximum atomic E-state index is 13.5. The number of pyridine rings is 1. The van der Waals surface area contributed by atoms with Gasteiger partial charge in [-0.3, -0.25) is 4.98 Å². The van der Waals surface area contributed by atoms with Gasteiger partial charge >= 0.3 is 0 Å². The quantitative estimate of drug-likeness (QED) is 0.845. The predicted octanol–water partition coefficient (Wildman–Crippen LogP) is 2.52. The van der Waals surface area contributed by atoms with E-state index >= 15 is 0 Å². The van der Waals surface area contributed by atoms with Crippen molar-refractivity contribution in [3.8, 4) is 11.3 Å². The Kier molecular flexibility index (Phi) is 2.92. The predicted molar refractivity (Wildman–Crippen MR) is 55.5 cm³/mol. The third-order valence-electron chi connectivity index (χ3n) is 2.25. The van der Waals surface area contributed by atoms with Gasteiger partial charge in [0, 0.05) is 23.4 Å². The fourth-order valence-electron chi connectivity index (χ4n) is 1.49. The molecule has 0 amide bonds. The molecule has 0 saturated carbocycles. The molecule has 0 aliphatic carbocycles. The number of halogens is 2. The minimum Gasteiger partial charge on any atom is -0.392 e. The summed E-state index contributed by atoms with van der Waals surface area (Å²) < 4.78 is 26.2. The second-order valence-corrected chi connectivity index (χ2v) is 3.29. The van der Waals surface area contributed by atoms with Gasteiger partial charge in [0.05, 0.1) is 12.3 Å². The van der Waals surface area contributed by atoms with Crippen LogP contribution in [-0.2, 0) is 6.61 Å². The molecule has 1 aromatic heterocycles. The molecule has 1 aromatic carbocycles. The molecule has 1 heterocycles. The van der Waals surface area contributed by atoms with Crippen LogP contribution in [0.1, 0.15) is 5.56 Å². The van der Waals surface area contributed by atoms with E-state index in [4.69, 9.17) is 5.11 Å². The van der Waals surface area contributed by atoms with Gasteiger partial charge in [0.25, 0.3) is 0 Å². The SMILES string of the molecule is OCc1cccnc1-c1ccc(F)cc1F. The smallest absolute Gasteiger partial charge is 0.135 e. The van der Waals surface area contributed by atoms with E-state index in [0.717, 1.165) is 12.1 Å². The number of aliphatic hydroxyl groups is 1. The van der Waals surface area contributed by atoms with Crippen LogP contribution in [0.15, 0.2) is 36.5 Å². The maximum Gasteiger partial charge on any atom is 0.135 e. The lowest BCUT2D eigenvalue weighted by Gasteiger charge is -2.06. The van der Waals surface area contributed by atoms with Crippen molar-refractivity contribution >= 4 is 0 Å². The molecule has 0 unspecified atom stereocenters. The first-order valence-corrected chi connectivity index (χ1v) is 4.72. The van der Waals surface area contributed by atoms with Crippen LogP contribution < -0.4 is 0 Å². The molecule has 0 radical (unpaired) electrons. The van der Waals surface area contributed by atoms with Crippen LogP contribution in [0.5, 0.6) is 0 Å². The molecule has 1 N–H and O–H groups in total. The van der Waals surface area contributed by atoms with Gasteiger partial charge in [0.15, 0.2) is 0 Å². The molecule has 0 fully saturated rings. The van der Waals surface area contributed by atoms with Gasteiger partial charge in [-0.25, -0.2) is 8.78 Å². The molecule has 2 nitrogen and oxygen atoms in total. The highest BCUT2D eigenvalue weighted by atomic mass is 19.1. The number of nitrogens with zero attached hydrogens (tertiary/aromatic N) is 1. The van der Waals surface area contributed by atoms with Gasteiger partial charge in [0.1, 0.15) is 11.6 Å². The summed E-state index contributed by atoms with van der Waals surface area (Å²) in [6, 6.07) is 6.56. The lowest BCUT2D eigenvalue weighted by molar-refractivity contribution is 0.282. The summed E-state index contributed by atoms with van der Waals surface area (Å²) in [5.74, 6) is -1.32. The molecule has 0 bridgehead atoms. The van der Waals surface area contributed by atoms with Crippen LogP contribution in [0.2, 0.25) is 0 Å². The maximum absolute atomic E-state index is 13.5. The molecule has 0 aliphatic rings. The zero-order valence-corrected chi connectivity index (χ0v) is 8.32. The van der Waals surface area contributed by atoms with E-state index in [9.17, 15) is 8.78 Å². The van der Waals surface area contributed by atoms with Crippen LogP contribution in [0.25, 0.3) is 11.3 Å². The van der Waals surface area contributed by atoms with Crippen molar-refractivity contribution in [2.45, 2.75) is 6.61 Å². The van der Waals surface area contributed by atoms with Gasteiger partial charge in [-0.05, 0) is 18.2 Å². The topological polar surface area (TPSA) is 33.1 Å². The Labute approximate surface area is 91.2 Å². The molecular weight excluding hydrogens is 212 g/mol. The summed E-state index contributed by atoms with van der Waals surface area (Å²) in [7, 11) is 0. The van der Waals surface area contributed by atoms with E-state index in [0.29, 0.717) is 11.3 Å². The molecule has 2 rings (SSSR count). The lowest BCUT2D eigenvalue weighted by atomic mass is 10.1. The van der Waals surface area contributed by atoms with Crippen LogP contribution in [0, 0.1) is 11.6 Å². The van der Waals surface area contributed by atoms with E-state index in [1.807, 2.05) is 0 Å². The number of hydrogen-bond acceptors (Lipinski definition) is 2. The average Bonchev–Trinajstić information content (AvgIpc) is 2.29. The molecular formula is C12H9F2NO. The first kappa shape index (κ1) is 10.7. The van der Waals surface area contributed by atoms with Crippen molar-refractivity contribution in [3.05, 3.63) is 53.7 Å². The summed E-state index contributed by atoms with van der Waals surface area (Å²) in [6.07, 6.45) is 1.50. The van der Waals surface area contributed by atoms with Gasteiger partial charge < -0.3 is 5.11 Å². The molecule has 82 valence electrons. The Hall–Kier alpha value is -1.81. The normalized spacial score (nSPS) is 10.4. The molecule has 2 aromatic rings. The van der Waals surface area contributed by atoms with E-state index in [-0.39, 0.29) is 12.2 Å². The van der Waals surface area contributed by atoms with Gasteiger partial charge in [0.2, 0.25) is 0 Å². The zero-order chi connectivity index (χ0) is 11.5. The van der Waals surface area contributed by atoms with Crippen molar-refractivity contribution in [1.82, 2.24) is 4.98 Å². The fraction of sp³-hybridized carbons (Fsp3) is 0.0833. The number of aliphatic hydroxyl groups excluding tert-OH is 1. The third-order valence-corrected chi connectivity index (χ3v) is 2.25. The van der Waals surface area contributed by atoms with Crippen molar-refractivity contribution in [2.75, 3.05) is 0 Å². The molecule has 4 heteroatoms. The Bertz CT molecular complexity index is 514. The van der Waals surface area contributed by atoms with Crippen molar-refractivity contribution in [1.29, 1.82) is 0 Å². The van der Waals surface area contributed by atoms with Crippen molar-refractivity contribution in [2.24, 2.45) is 0 Å². The summed E-state index contributed by atoms with van der Waals surface area (Å²) in [5, 5.41) is 9.09. The van der Waals surface area contributed by atoms with Crippen LogP contribution >= 0.6 is 0 Å². The highest BCUT2D eigenvalue weighted by Crippen LogP contribution is 2.24. The summed E-state index contributed by atoms with van der Waals surface area (Å²) in [6.45, 7) is -0.236. The number of benzene rings is 1. The average molecular weight is 221 g/mol. The second kappa shape index (κ2) is 4.37. The van der Waals surface area contributed by atoms with Gasteiger partial charge in [-0.1, -0.05) is 6.07 Å². The monoisotopic (exact) mass is 221 g/mol. The Morgan fingerprint density at radius 1 is 1.19 bits per heavy atom. The van der Waals surface area contributed by atoms with E-state index in [1.165, 1.54) is 12.3 Å². The third kappa shape index (κ3) is 1.92. The van der Waals surface area contributed by atoms with Crippen LogP contribution in [-0.4, -0.2) is 10.1 Å². The highest BCUT2D eigenvalue weighted by Gasteiger charge is 2.10. The lowest BCUT2D eigenvalue weighted by Crippen LogP contribution is -1.95. The molecule has 0 saturated heterocycles. The first-order chi connectivity index (χ1) is 7.72. The van der Waals surface area contributed by atoms with E-state index < -0.39 is 11.6 Å². The first-order valence-electron chi connectivity index (χ1n) is 4.72. The zero-order valence-electron chi connectivity index (χ0n) is 8.32. The largest absolute Gasteiger partial charge is 0.392 e. The number of aromatic nitrogens is 1. The number of hydrogen-bond donors (Lipinski definition) is 1. The summed E-state index contributed by atoms with van der Waals surface area (Å²) in [4.78, 5) is 3.99. The minimum atomic E-state index is -0.687. The molecule has 0 spiro atoms. The summed E-state index contributed by atoms with van der Waals surface area (Å²) >= 11 is 0. The van der Waals surface area contributed by atoms with Crippen molar-refractivity contribution in [3.63, 3.8) is 0 Å².